The summed E-state index contributed by atoms with van der Waals surface area (Å²) in [6, 6.07) is -0.997. The number of aromatic amines is 1. The van der Waals surface area contributed by atoms with Crippen molar-refractivity contribution in [2.45, 2.75) is 19.1 Å². The SMILES string of the molecule is C[C@@H](O)[C@H](N)C(=O)N(C)c1ncnc2nc[nH]c12. The Morgan fingerprint density at radius 2 is 2.22 bits per heavy atom. The van der Waals surface area contributed by atoms with E-state index in [4.69, 9.17) is 5.73 Å². The highest BCUT2D eigenvalue weighted by Gasteiger charge is 2.25. The fraction of sp³-hybridized carbons (Fsp3) is 0.400. The number of amides is 1. The van der Waals surface area contributed by atoms with Crippen LogP contribution < -0.4 is 10.6 Å². The number of carbonyl (C=O) groups excluding carboxylic acids is 1. The zero-order chi connectivity index (χ0) is 13.3. The molecule has 0 radical (unpaired) electrons. The van der Waals surface area contributed by atoms with Crippen LogP contribution in [0.3, 0.4) is 0 Å². The maximum absolute atomic E-state index is 12.0. The Balaban J connectivity index is 2.36. The van der Waals surface area contributed by atoms with Gasteiger partial charge in [-0.2, -0.15) is 0 Å². The lowest BCUT2D eigenvalue weighted by molar-refractivity contribution is -0.121. The van der Waals surface area contributed by atoms with E-state index in [1.54, 1.807) is 0 Å². The number of anilines is 1. The molecule has 0 aromatic carbocycles. The minimum Gasteiger partial charge on any atom is -0.391 e. The molecule has 0 saturated heterocycles. The molecule has 8 heteroatoms. The largest absolute Gasteiger partial charge is 0.391 e. The molecule has 0 bridgehead atoms. The maximum atomic E-state index is 12.0. The van der Waals surface area contributed by atoms with Crippen LogP contribution in [-0.4, -0.2) is 50.1 Å². The number of aromatic nitrogens is 4. The number of nitrogens with one attached hydrogen (secondary N) is 1. The number of nitrogens with zero attached hydrogens (tertiary/aromatic N) is 4. The van der Waals surface area contributed by atoms with E-state index < -0.39 is 18.1 Å². The molecule has 96 valence electrons. The van der Waals surface area contributed by atoms with Crippen LogP contribution in [0, 0.1) is 0 Å². The molecule has 0 fully saturated rings. The van der Waals surface area contributed by atoms with Gasteiger partial charge in [-0.25, -0.2) is 15.0 Å². The molecule has 0 aliphatic carbocycles. The molecule has 0 spiro atoms. The van der Waals surface area contributed by atoms with Crippen LogP contribution in [0.15, 0.2) is 12.7 Å². The third-order valence-electron chi connectivity index (χ3n) is 2.66. The van der Waals surface area contributed by atoms with Crippen LogP contribution in [0.4, 0.5) is 5.82 Å². The fourth-order valence-electron chi connectivity index (χ4n) is 1.54. The highest BCUT2D eigenvalue weighted by molar-refractivity contribution is 6.01. The van der Waals surface area contributed by atoms with Crippen LogP contribution in [0.1, 0.15) is 6.92 Å². The molecule has 4 N–H and O–H groups in total. The third-order valence-corrected chi connectivity index (χ3v) is 2.66. The standard InChI is InChI=1S/C10H14N6O2/c1-5(17)6(11)10(18)16(2)9-7-8(13-3-12-7)14-4-15-9/h3-6,17H,11H2,1-2H3,(H,12,13,14,15)/t5-,6+/m1/s1. The molecule has 0 aliphatic heterocycles. The molecule has 2 rings (SSSR count). The average molecular weight is 250 g/mol. The first-order valence-corrected chi connectivity index (χ1v) is 5.37. The van der Waals surface area contributed by atoms with Gasteiger partial charge in [0.05, 0.1) is 12.4 Å². The molecule has 2 atom stereocenters. The number of aliphatic hydroxyl groups excluding tert-OH is 1. The average Bonchev–Trinajstić information content (AvgIpc) is 2.83. The van der Waals surface area contributed by atoms with Gasteiger partial charge in [0.15, 0.2) is 11.5 Å². The summed E-state index contributed by atoms with van der Waals surface area (Å²) in [6.07, 6.45) is 1.85. The lowest BCUT2D eigenvalue weighted by Gasteiger charge is -2.22. The predicted octanol–water partition coefficient (Wildman–Crippen LogP) is -0.976. The summed E-state index contributed by atoms with van der Waals surface area (Å²) >= 11 is 0. The number of carbonyl (C=O) groups is 1. The van der Waals surface area contributed by atoms with E-state index >= 15 is 0 Å². The highest BCUT2D eigenvalue weighted by atomic mass is 16.3. The molecule has 0 saturated carbocycles. The molecular weight excluding hydrogens is 236 g/mol. The van der Waals surface area contributed by atoms with Crippen molar-refractivity contribution in [1.82, 2.24) is 19.9 Å². The van der Waals surface area contributed by atoms with Crippen LogP contribution in [0.25, 0.3) is 11.2 Å². The fourth-order valence-corrected chi connectivity index (χ4v) is 1.54. The van der Waals surface area contributed by atoms with Crippen LogP contribution in [-0.2, 0) is 4.79 Å². The maximum Gasteiger partial charge on any atom is 0.247 e. The van der Waals surface area contributed by atoms with E-state index in [1.165, 1.54) is 31.5 Å². The molecule has 0 aliphatic rings. The number of hydrogen-bond donors (Lipinski definition) is 3. The normalized spacial score (nSPS) is 14.4. The number of rotatable bonds is 3. The summed E-state index contributed by atoms with van der Waals surface area (Å²) in [5.74, 6) is -0.0572. The number of imidazole rings is 1. The van der Waals surface area contributed by atoms with Crippen molar-refractivity contribution in [2.75, 3.05) is 11.9 Å². The van der Waals surface area contributed by atoms with Gasteiger partial charge in [-0.3, -0.25) is 9.69 Å². The third kappa shape index (κ3) is 2.03. The van der Waals surface area contributed by atoms with Gasteiger partial charge in [0, 0.05) is 7.05 Å². The van der Waals surface area contributed by atoms with E-state index in [1.807, 2.05) is 0 Å². The first kappa shape index (κ1) is 12.4. The summed E-state index contributed by atoms with van der Waals surface area (Å²) in [7, 11) is 1.53. The summed E-state index contributed by atoms with van der Waals surface area (Å²) in [5.41, 5.74) is 6.62. The van der Waals surface area contributed by atoms with Gasteiger partial charge in [0.1, 0.15) is 17.9 Å². The Morgan fingerprint density at radius 3 is 2.89 bits per heavy atom. The summed E-state index contributed by atoms with van der Waals surface area (Å²) in [6.45, 7) is 1.46. The van der Waals surface area contributed by atoms with Gasteiger partial charge in [-0.15, -0.1) is 0 Å². The summed E-state index contributed by atoms with van der Waals surface area (Å²) in [4.78, 5) is 28.1. The van der Waals surface area contributed by atoms with Gasteiger partial charge in [0.25, 0.3) is 0 Å². The molecule has 2 aromatic heterocycles. The zero-order valence-electron chi connectivity index (χ0n) is 10.0. The second-order valence-electron chi connectivity index (χ2n) is 3.96. The van der Waals surface area contributed by atoms with Crippen molar-refractivity contribution >= 4 is 22.9 Å². The second-order valence-corrected chi connectivity index (χ2v) is 3.96. The smallest absolute Gasteiger partial charge is 0.247 e. The van der Waals surface area contributed by atoms with Gasteiger partial charge < -0.3 is 15.8 Å². The number of nitrogens with two attached hydrogens (primary N) is 1. The number of fused-ring (bicyclic) bond motifs is 1. The molecular formula is C10H14N6O2. The first-order valence-electron chi connectivity index (χ1n) is 5.37. The Labute approximate surface area is 103 Å². The van der Waals surface area contributed by atoms with E-state index in [0.717, 1.165) is 0 Å². The molecule has 2 aromatic rings. The Hall–Kier alpha value is -2.06. The van der Waals surface area contributed by atoms with Crippen LogP contribution in [0.2, 0.25) is 0 Å². The Kier molecular flexibility index (Phi) is 3.21. The minimum atomic E-state index is -0.997. The number of likely N-dealkylation sites (N-methyl/N-ethyl adjacent to an activating group) is 1. The minimum absolute atomic E-state index is 0.374. The number of H-pyrrole nitrogens is 1. The van der Waals surface area contributed by atoms with Crippen molar-refractivity contribution in [1.29, 1.82) is 0 Å². The van der Waals surface area contributed by atoms with Gasteiger partial charge >= 0.3 is 0 Å². The van der Waals surface area contributed by atoms with Crippen molar-refractivity contribution < 1.29 is 9.90 Å². The zero-order valence-corrected chi connectivity index (χ0v) is 10.0. The van der Waals surface area contributed by atoms with Crippen molar-refractivity contribution in [3.8, 4) is 0 Å². The van der Waals surface area contributed by atoms with E-state index in [2.05, 4.69) is 19.9 Å². The monoisotopic (exact) mass is 250 g/mol. The molecule has 2 heterocycles. The second kappa shape index (κ2) is 4.67. The number of hydrogen-bond acceptors (Lipinski definition) is 6. The first-order chi connectivity index (χ1) is 8.52. The van der Waals surface area contributed by atoms with Crippen molar-refractivity contribution in [3.63, 3.8) is 0 Å². The van der Waals surface area contributed by atoms with Crippen LogP contribution >= 0.6 is 0 Å². The summed E-state index contributed by atoms with van der Waals surface area (Å²) in [5, 5.41) is 9.33. The lowest BCUT2D eigenvalue weighted by atomic mass is 10.2. The Bertz CT molecular complexity index is 566. The Morgan fingerprint density at radius 1 is 1.50 bits per heavy atom. The summed E-state index contributed by atoms with van der Waals surface area (Å²) < 4.78 is 0. The predicted molar refractivity (Wildman–Crippen MR) is 64.7 cm³/mol. The van der Waals surface area contributed by atoms with Gasteiger partial charge in [-0.1, -0.05) is 0 Å². The molecule has 18 heavy (non-hydrogen) atoms. The van der Waals surface area contributed by atoms with Crippen LogP contribution in [0.5, 0.6) is 0 Å². The topological polar surface area (TPSA) is 121 Å². The molecule has 8 nitrogen and oxygen atoms in total. The van der Waals surface area contributed by atoms with Crippen molar-refractivity contribution in [3.05, 3.63) is 12.7 Å². The number of aliphatic hydroxyl groups is 1. The van der Waals surface area contributed by atoms with E-state index in [9.17, 15) is 9.90 Å². The molecule has 0 unspecified atom stereocenters. The molecule has 1 amide bonds. The van der Waals surface area contributed by atoms with Crippen molar-refractivity contribution in [2.24, 2.45) is 5.73 Å². The quantitative estimate of drug-likeness (QED) is 0.644. The lowest BCUT2D eigenvalue weighted by Crippen LogP contribution is -2.48. The van der Waals surface area contributed by atoms with E-state index in [0.29, 0.717) is 17.0 Å². The van der Waals surface area contributed by atoms with Gasteiger partial charge in [0.2, 0.25) is 5.91 Å². The van der Waals surface area contributed by atoms with E-state index in [-0.39, 0.29) is 0 Å². The highest BCUT2D eigenvalue weighted by Crippen LogP contribution is 2.18. The van der Waals surface area contributed by atoms with Gasteiger partial charge in [-0.05, 0) is 6.92 Å².